The molecule has 0 saturated carbocycles. The van der Waals surface area contributed by atoms with Gasteiger partial charge < -0.3 is 19.6 Å². The fraction of sp³-hybridized carbons (Fsp3) is 0.583. The lowest BCUT2D eigenvalue weighted by molar-refractivity contribution is -0.135. The van der Waals surface area contributed by atoms with Crippen LogP contribution in [0.25, 0.3) is 0 Å². The van der Waals surface area contributed by atoms with E-state index >= 15 is 0 Å². The van der Waals surface area contributed by atoms with E-state index in [1.54, 1.807) is 4.90 Å². The Hall–Kier alpha value is -2.38. The second-order valence-electron chi connectivity index (χ2n) is 9.06. The van der Waals surface area contributed by atoms with Crippen LogP contribution in [0.1, 0.15) is 24.8 Å². The number of likely N-dealkylation sites (tertiary alicyclic amines) is 1. The van der Waals surface area contributed by atoms with E-state index in [2.05, 4.69) is 6.08 Å². The summed E-state index contributed by atoms with van der Waals surface area (Å²) in [5, 5.41) is 9.75. The molecule has 2 fully saturated rings. The number of fused-ring (bicyclic) bond motifs is 3. The smallest absolute Gasteiger partial charge is 0.236 e. The van der Waals surface area contributed by atoms with E-state index in [0.717, 1.165) is 17.7 Å². The fourth-order valence-electron chi connectivity index (χ4n) is 4.87. The Bertz CT molecular complexity index is 827. The van der Waals surface area contributed by atoms with Crippen LogP contribution < -0.4 is 4.74 Å². The van der Waals surface area contributed by atoms with Crippen LogP contribution in [0, 0.1) is 11.8 Å². The third kappa shape index (κ3) is 5.46. The summed E-state index contributed by atoms with van der Waals surface area (Å²) in [5.41, 5.74) is 1.07. The van der Waals surface area contributed by atoms with Crippen molar-refractivity contribution in [2.45, 2.75) is 31.9 Å². The Balaban J connectivity index is 1.48. The predicted molar refractivity (Wildman–Crippen MR) is 117 cm³/mol. The van der Waals surface area contributed by atoms with Crippen LogP contribution in [0.2, 0.25) is 0 Å². The van der Waals surface area contributed by atoms with Crippen LogP contribution in [0.3, 0.4) is 0 Å². The Morgan fingerprint density at radius 2 is 2.00 bits per heavy atom. The Labute approximate surface area is 184 Å². The number of nitrogens with zero attached hydrogens (tertiary/aromatic N) is 3. The molecule has 0 aromatic heterocycles. The quantitative estimate of drug-likeness (QED) is 0.725. The zero-order valence-electron chi connectivity index (χ0n) is 18.3. The summed E-state index contributed by atoms with van der Waals surface area (Å²) >= 11 is 0. The van der Waals surface area contributed by atoms with Crippen molar-refractivity contribution in [1.29, 1.82) is 0 Å². The average Bonchev–Trinajstić information content (AvgIpc) is 3.19. The number of β-amino-alcohol motifs (C(OH)–C–C–N with tert-alkyl or cyclic N) is 1. The van der Waals surface area contributed by atoms with Crippen LogP contribution in [-0.2, 0) is 16.1 Å². The molecule has 7 heteroatoms. The van der Waals surface area contributed by atoms with Crippen molar-refractivity contribution in [3.63, 3.8) is 0 Å². The van der Waals surface area contributed by atoms with Crippen LogP contribution in [0.4, 0.5) is 0 Å². The second-order valence-corrected chi connectivity index (χ2v) is 9.06. The van der Waals surface area contributed by atoms with Gasteiger partial charge in [-0.3, -0.25) is 14.5 Å². The highest BCUT2D eigenvalue weighted by Crippen LogP contribution is 2.30. The van der Waals surface area contributed by atoms with E-state index < -0.39 is 6.10 Å². The molecule has 0 spiro atoms. The highest BCUT2D eigenvalue weighted by atomic mass is 16.5. The minimum atomic E-state index is -0.398. The number of hydrogen-bond donors (Lipinski definition) is 1. The lowest BCUT2D eigenvalue weighted by Crippen LogP contribution is -2.47. The molecule has 3 atom stereocenters. The third-order valence-electron chi connectivity index (χ3n) is 6.65. The van der Waals surface area contributed by atoms with E-state index in [-0.39, 0.29) is 23.7 Å². The van der Waals surface area contributed by atoms with Gasteiger partial charge in [0.1, 0.15) is 12.4 Å². The SMILES string of the molecule is CN1CC(=O)N2CC[C@@H](CC(=O)N3CC[C@@H](O)C3)[C@@H](/C=C\COc3ccccc3C1)C2. The van der Waals surface area contributed by atoms with E-state index in [1.165, 1.54) is 0 Å². The van der Waals surface area contributed by atoms with Gasteiger partial charge in [-0.05, 0) is 37.8 Å². The normalized spacial score (nSPS) is 28.7. The average molecular weight is 428 g/mol. The van der Waals surface area contributed by atoms with Crippen molar-refractivity contribution in [3.05, 3.63) is 42.0 Å². The number of benzene rings is 1. The predicted octanol–water partition coefficient (Wildman–Crippen LogP) is 1.52. The molecule has 3 aliphatic rings. The number of rotatable bonds is 2. The molecule has 0 radical (unpaired) electrons. The Morgan fingerprint density at radius 1 is 1.16 bits per heavy atom. The molecule has 7 nitrogen and oxygen atoms in total. The Morgan fingerprint density at radius 3 is 2.81 bits per heavy atom. The van der Waals surface area contributed by atoms with Gasteiger partial charge in [-0.1, -0.05) is 30.4 Å². The minimum absolute atomic E-state index is 0.113. The first-order valence-electron chi connectivity index (χ1n) is 11.3. The van der Waals surface area contributed by atoms with E-state index in [0.29, 0.717) is 58.7 Å². The van der Waals surface area contributed by atoms with Gasteiger partial charge in [-0.2, -0.15) is 0 Å². The summed E-state index contributed by atoms with van der Waals surface area (Å²) in [4.78, 5) is 31.5. The summed E-state index contributed by atoms with van der Waals surface area (Å²) in [7, 11) is 1.96. The third-order valence-corrected chi connectivity index (χ3v) is 6.65. The number of carbonyl (C=O) groups excluding carboxylic acids is 2. The van der Waals surface area contributed by atoms with Crippen LogP contribution in [0.15, 0.2) is 36.4 Å². The van der Waals surface area contributed by atoms with Gasteiger partial charge in [0.05, 0.1) is 12.6 Å². The van der Waals surface area contributed by atoms with Crippen LogP contribution in [-0.4, -0.2) is 84.1 Å². The number of likely N-dealkylation sites (N-methyl/N-ethyl adjacent to an activating group) is 1. The number of para-hydroxylation sites is 1. The van der Waals surface area contributed by atoms with Crippen LogP contribution in [0.5, 0.6) is 5.75 Å². The zero-order chi connectivity index (χ0) is 21.8. The Kier molecular flexibility index (Phi) is 6.92. The summed E-state index contributed by atoms with van der Waals surface area (Å²) in [5.74, 6) is 1.40. The molecule has 0 unspecified atom stereocenters. The molecule has 31 heavy (non-hydrogen) atoms. The largest absolute Gasteiger partial charge is 0.489 e. The summed E-state index contributed by atoms with van der Waals surface area (Å²) in [6.45, 7) is 3.88. The van der Waals surface area contributed by atoms with Gasteiger partial charge in [0, 0.05) is 44.7 Å². The van der Waals surface area contributed by atoms with Gasteiger partial charge in [0.15, 0.2) is 0 Å². The highest BCUT2D eigenvalue weighted by Gasteiger charge is 2.34. The molecule has 1 aromatic rings. The molecule has 2 saturated heterocycles. The lowest BCUT2D eigenvalue weighted by Gasteiger charge is -2.38. The molecule has 0 aliphatic carbocycles. The molecular weight excluding hydrogens is 394 g/mol. The molecule has 3 heterocycles. The fourth-order valence-corrected chi connectivity index (χ4v) is 4.87. The van der Waals surface area contributed by atoms with Gasteiger partial charge >= 0.3 is 0 Å². The number of hydrogen-bond acceptors (Lipinski definition) is 5. The number of aliphatic hydroxyl groups is 1. The lowest BCUT2D eigenvalue weighted by atomic mass is 9.82. The second kappa shape index (κ2) is 9.83. The van der Waals surface area contributed by atoms with Gasteiger partial charge in [0.25, 0.3) is 0 Å². The maximum Gasteiger partial charge on any atom is 0.236 e. The summed E-state index contributed by atoms with van der Waals surface area (Å²) in [6.07, 6.45) is 5.69. The first-order valence-corrected chi connectivity index (χ1v) is 11.3. The minimum Gasteiger partial charge on any atom is -0.489 e. The molecule has 4 rings (SSSR count). The van der Waals surface area contributed by atoms with Crippen molar-refractivity contribution in [1.82, 2.24) is 14.7 Å². The van der Waals surface area contributed by atoms with Gasteiger partial charge in [-0.25, -0.2) is 0 Å². The molecule has 3 aliphatic heterocycles. The number of aliphatic hydroxyl groups excluding tert-OH is 1. The van der Waals surface area contributed by atoms with Crippen molar-refractivity contribution in [2.24, 2.45) is 11.8 Å². The van der Waals surface area contributed by atoms with Crippen molar-refractivity contribution in [3.8, 4) is 5.75 Å². The van der Waals surface area contributed by atoms with Crippen molar-refractivity contribution in [2.75, 3.05) is 46.4 Å². The van der Waals surface area contributed by atoms with Gasteiger partial charge in [0.2, 0.25) is 11.8 Å². The maximum absolute atomic E-state index is 12.9. The van der Waals surface area contributed by atoms with E-state index in [4.69, 9.17) is 4.74 Å². The molecule has 1 aromatic carbocycles. The van der Waals surface area contributed by atoms with Gasteiger partial charge in [-0.15, -0.1) is 0 Å². The molecule has 168 valence electrons. The highest BCUT2D eigenvalue weighted by molar-refractivity contribution is 5.79. The number of carbonyl (C=O) groups is 2. The van der Waals surface area contributed by atoms with E-state index in [9.17, 15) is 14.7 Å². The zero-order valence-corrected chi connectivity index (χ0v) is 18.3. The van der Waals surface area contributed by atoms with Crippen LogP contribution >= 0.6 is 0 Å². The molecule has 2 amide bonds. The number of amides is 2. The maximum atomic E-state index is 12.9. The number of piperidine rings is 1. The topological polar surface area (TPSA) is 73.3 Å². The first-order chi connectivity index (χ1) is 15.0. The molecule has 1 N–H and O–H groups in total. The van der Waals surface area contributed by atoms with E-state index in [1.807, 2.05) is 47.2 Å². The standard InChI is InChI=1S/C24H33N3O4/c1-25-14-20-5-2-3-7-22(20)31-12-4-6-19-15-26(24(30)17-25)10-8-18(19)13-23(29)27-11-9-21(28)16-27/h2-7,18-19,21,28H,8-17H2,1H3/b6-4-/t18-,19-,21+/m0/s1. The summed E-state index contributed by atoms with van der Waals surface area (Å²) in [6, 6.07) is 7.95. The monoisotopic (exact) mass is 427 g/mol. The first kappa shape index (κ1) is 21.8. The van der Waals surface area contributed by atoms with Crippen molar-refractivity contribution < 1.29 is 19.4 Å². The van der Waals surface area contributed by atoms with Crippen molar-refractivity contribution >= 4 is 11.8 Å². The summed E-state index contributed by atoms with van der Waals surface area (Å²) < 4.78 is 6.01. The number of ether oxygens (including phenoxy) is 1. The molecule has 2 bridgehead atoms. The molecular formula is C24H33N3O4.